The van der Waals surface area contributed by atoms with Crippen molar-refractivity contribution < 1.29 is 5.11 Å². The van der Waals surface area contributed by atoms with Gasteiger partial charge in [-0.1, -0.05) is 36.7 Å². The predicted molar refractivity (Wildman–Crippen MR) is 68.8 cm³/mol. The SMILES string of the molecule is CCC(C)(O)CNC(C)c1ccccc1Cl. The van der Waals surface area contributed by atoms with Crippen LogP contribution in [0.2, 0.25) is 5.02 Å². The minimum Gasteiger partial charge on any atom is -0.389 e. The summed E-state index contributed by atoms with van der Waals surface area (Å²) in [5.41, 5.74) is 0.409. The summed E-state index contributed by atoms with van der Waals surface area (Å²) in [7, 11) is 0. The standard InChI is InChI=1S/C13H20ClNO/c1-4-13(3,16)9-15-10(2)11-7-5-6-8-12(11)14/h5-8,10,15-16H,4,9H2,1-3H3. The first-order valence-corrected chi connectivity index (χ1v) is 6.04. The van der Waals surface area contributed by atoms with Crippen LogP contribution < -0.4 is 5.32 Å². The van der Waals surface area contributed by atoms with Crippen LogP contribution in [0.25, 0.3) is 0 Å². The van der Waals surface area contributed by atoms with E-state index >= 15 is 0 Å². The second-order valence-corrected chi connectivity index (χ2v) is 4.88. The molecule has 3 heteroatoms. The van der Waals surface area contributed by atoms with Crippen molar-refractivity contribution in [3.63, 3.8) is 0 Å². The van der Waals surface area contributed by atoms with Gasteiger partial charge < -0.3 is 10.4 Å². The molecule has 2 unspecified atom stereocenters. The molecule has 2 atom stereocenters. The lowest BCUT2D eigenvalue weighted by atomic mass is 10.0. The highest BCUT2D eigenvalue weighted by atomic mass is 35.5. The second kappa shape index (κ2) is 5.67. The monoisotopic (exact) mass is 241 g/mol. The number of rotatable bonds is 5. The Morgan fingerprint density at radius 3 is 2.62 bits per heavy atom. The Bertz CT molecular complexity index is 338. The minimum absolute atomic E-state index is 0.145. The molecule has 0 aliphatic carbocycles. The van der Waals surface area contributed by atoms with Gasteiger partial charge >= 0.3 is 0 Å². The minimum atomic E-state index is -0.657. The van der Waals surface area contributed by atoms with Crippen LogP contribution in [0.3, 0.4) is 0 Å². The fourth-order valence-electron chi connectivity index (χ4n) is 1.43. The third-order valence-corrected chi connectivity index (χ3v) is 3.27. The van der Waals surface area contributed by atoms with E-state index in [0.717, 1.165) is 17.0 Å². The van der Waals surface area contributed by atoms with Crippen LogP contribution >= 0.6 is 11.6 Å². The van der Waals surface area contributed by atoms with E-state index < -0.39 is 5.60 Å². The van der Waals surface area contributed by atoms with Crippen molar-refractivity contribution in [3.8, 4) is 0 Å². The van der Waals surface area contributed by atoms with Crippen LogP contribution in [0.5, 0.6) is 0 Å². The Kier molecular flexibility index (Phi) is 4.78. The molecule has 1 rings (SSSR count). The summed E-state index contributed by atoms with van der Waals surface area (Å²) in [4.78, 5) is 0. The zero-order valence-electron chi connectivity index (χ0n) is 10.1. The quantitative estimate of drug-likeness (QED) is 0.830. The van der Waals surface area contributed by atoms with Crippen LogP contribution in [0, 0.1) is 0 Å². The molecule has 0 radical (unpaired) electrons. The fraction of sp³-hybridized carbons (Fsp3) is 0.538. The van der Waals surface area contributed by atoms with E-state index in [1.807, 2.05) is 45.0 Å². The molecule has 2 nitrogen and oxygen atoms in total. The van der Waals surface area contributed by atoms with Gasteiger partial charge in [0.15, 0.2) is 0 Å². The van der Waals surface area contributed by atoms with E-state index in [4.69, 9.17) is 11.6 Å². The molecule has 0 spiro atoms. The van der Waals surface area contributed by atoms with Crippen LogP contribution in [-0.2, 0) is 0 Å². The third kappa shape index (κ3) is 3.78. The number of halogens is 1. The van der Waals surface area contributed by atoms with Crippen molar-refractivity contribution in [1.29, 1.82) is 0 Å². The molecule has 0 fully saturated rings. The number of hydrogen-bond donors (Lipinski definition) is 2. The van der Waals surface area contributed by atoms with E-state index in [1.54, 1.807) is 0 Å². The maximum atomic E-state index is 9.89. The van der Waals surface area contributed by atoms with E-state index in [9.17, 15) is 5.11 Å². The molecule has 16 heavy (non-hydrogen) atoms. The maximum Gasteiger partial charge on any atom is 0.0741 e. The Labute approximate surface area is 103 Å². The Hall–Kier alpha value is -0.570. The smallest absolute Gasteiger partial charge is 0.0741 e. The molecular formula is C13H20ClNO. The summed E-state index contributed by atoms with van der Waals surface area (Å²) in [6.07, 6.45) is 0.731. The van der Waals surface area contributed by atoms with E-state index in [0.29, 0.717) is 6.54 Å². The molecule has 0 aliphatic rings. The highest BCUT2D eigenvalue weighted by molar-refractivity contribution is 6.31. The van der Waals surface area contributed by atoms with Crippen molar-refractivity contribution in [2.75, 3.05) is 6.54 Å². The van der Waals surface area contributed by atoms with Crippen molar-refractivity contribution in [3.05, 3.63) is 34.9 Å². The summed E-state index contributed by atoms with van der Waals surface area (Å²) >= 11 is 6.10. The molecule has 1 aromatic carbocycles. The van der Waals surface area contributed by atoms with Gasteiger partial charge in [0.1, 0.15) is 0 Å². The zero-order valence-corrected chi connectivity index (χ0v) is 10.9. The Morgan fingerprint density at radius 1 is 1.44 bits per heavy atom. The van der Waals surface area contributed by atoms with Crippen LogP contribution in [-0.4, -0.2) is 17.3 Å². The first kappa shape index (κ1) is 13.5. The van der Waals surface area contributed by atoms with Gasteiger partial charge in [-0.25, -0.2) is 0 Å². The largest absolute Gasteiger partial charge is 0.389 e. The molecule has 1 aromatic rings. The van der Waals surface area contributed by atoms with Crippen LogP contribution in [0.4, 0.5) is 0 Å². The fourth-order valence-corrected chi connectivity index (χ4v) is 1.73. The van der Waals surface area contributed by atoms with Gasteiger partial charge in [-0.2, -0.15) is 0 Å². The first-order chi connectivity index (χ1) is 7.46. The predicted octanol–water partition coefficient (Wildman–Crippen LogP) is 3.15. The summed E-state index contributed by atoms with van der Waals surface area (Å²) in [6, 6.07) is 7.91. The number of hydrogen-bond acceptors (Lipinski definition) is 2. The summed E-state index contributed by atoms with van der Waals surface area (Å²) in [5.74, 6) is 0. The van der Waals surface area contributed by atoms with Gasteiger partial charge in [0.05, 0.1) is 5.60 Å². The van der Waals surface area contributed by atoms with Gasteiger partial charge in [0, 0.05) is 17.6 Å². The van der Waals surface area contributed by atoms with Gasteiger partial charge in [-0.05, 0) is 31.9 Å². The normalized spacial score (nSPS) is 16.8. The molecule has 0 aliphatic heterocycles. The molecule has 0 heterocycles. The van der Waals surface area contributed by atoms with Crippen molar-refractivity contribution in [2.24, 2.45) is 0 Å². The lowest BCUT2D eigenvalue weighted by Gasteiger charge is -2.25. The van der Waals surface area contributed by atoms with Crippen molar-refractivity contribution >= 4 is 11.6 Å². The van der Waals surface area contributed by atoms with Gasteiger partial charge in [0.2, 0.25) is 0 Å². The molecule has 0 saturated heterocycles. The highest BCUT2D eigenvalue weighted by Gasteiger charge is 2.19. The van der Waals surface area contributed by atoms with Crippen molar-refractivity contribution in [1.82, 2.24) is 5.32 Å². The van der Waals surface area contributed by atoms with Crippen molar-refractivity contribution in [2.45, 2.75) is 38.8 Å². The number of aliphatic hydroxyl groups is 1. The summed E-state index contributed by atoms with van der Waals surface area (Å²) < 4.78 is 0. The molecule has 90 valence electrons. The molecular weight excluding hydrogens is 222 g/mol. The van der Waals surface area contributed by atoms with Gasteiger partial charge in [-0.15, -0.1) is 0 Å². The molecule has 2 N–H and O–H groups in total. The topological polar surface area (TPSA) is 32.3 Å². The summed E-state index contributed by atoms with van der Waals surface area (Å²) in [5, 5.41) is 14.0. The van der Waals surface area contributed by atoms with Crippen LogP contribution in [0.1, 0.15) is 38.8 Å². The van der Waals surface area contributed by atoms with E-state index in [2.05, 4.69) is 5.32 Å². The van der Waals surface area contributed by atoms with Gasteiger partial charge in [-0.3, -0.25) is 0 Å². The average molecular weight is 242 g/mol. The number of benzene rings is 1. The first-order valence-electron chi connectivity index (χ1n) is 5.66. The molecule has 0 aromatic heterocycles. The molecule has 0 saturated carbocycles. The number of nitrogens with one attached hydrogen (secondary N) is 1. The maximum absolute atomic E-state index is 9.89. The molecule has 0 amide bonds. The Morgan fingerprint density at radius 2 is 2.06 bits per heavy atom. The summed E-state index contributed by atoms with van der Waals surface area (Å²) in [6.45, 7) is 6.42. The second-order valence-electron chi connectivity index (χ2n) is 4.47. The lowest BCUT2D eigenvalue weighted by molar-refractivity contribution is 0.0533. The molecule has 0 bridgehead atoms. The zero-order chi connectivity index (χ0) is 12.2. The van der Waals surface area contributed by atoms with Crippen LogP contribution in [0.15, 0.2) is 24.3 Å². The lowest BCUT2D eigenvalue weighted by Crippen LogP contribution is -2.38. The third-order valence-electron chi connectivity index (χ3n) is 2.92. The highest BCUT2D eigenvalue weighted by Crippen LogP contribution is 2.22. The van der Waals surface area contributed by atoms with Gasteiger partial charge in [0.25, 0.3) is 0 Å². The average Bonchev–Trinajstić information content (AvgIpc) is 2.27. The van der Waals surface area contributed by atoms with E-state index in [-0.39, 0.29) is 6.04 Å². The van der Waals surface area contributed by atoms with E-state index in [1.165, 1.54) is 0 Å². The Balaban J connectivity index is 2.60.